The Balaban J connectivity index is 2.59. The third-order valence-corrected chi connectivity index (χ3v) is 3.35. The number of carbonyl (C=O) groups excluding carboxylic acids is 1. The van der Waals surface area contributed by atoms with Crippen LogP contribution < -0.4 is 5.32 Å². The van der Waals surface area contributed by atoms with Gasteiger partial charge in [0.15, 0.2) is 0 Å². The summed E-state index contributed by atoms with van der Waals surface area (Å²) in [6, 6.07) is 8.10. The number of hydrogen-bond donors (Lipinski definition) is 1. The van der Waals surface area contributed by atoms with Gasteiger partial charge in [-0.2, -0.15) is 0 Å². The Kier molecular flexibility index (Phi) is 5.50. The molecule has 3 heteroatoms. The number of nitrogens with one attached hydrogen (secondary N) is 1. The molecule has 2 nitrogen and oxygen atoms in total. The summed E-state index contributed by atoms with van der Waals surface area (Å²) in [7, 11) is 0. The summed E-state index contributed by atoms with van der Waals surface area (Å²) < 4.78 is 0. The van der Waals surface area contributed by atoms with Gasteiger partial charge < -0.3 is 5.32 Å². The molecular weight excluding hydrogens is 254 g/mol. The first-order chi connectivity index (χ1) is 8.82. The summed E-state index contributed by atoms with van der Waals surface area (Å²) in [5.74, 6) is 3.18. The zero-order valence-corrected chi connectivity index (χ0v) is 12.8. The zero-order valence-electron chi connectivity index (χ0n) is 12.0. The van der Waals surface area contributed by atoms with Crippen LogP contribution in [0.4, 0.5) is 4.79 Å². The lowest BCUT2D eigenvalue weighted by molar-refractivity contribution is 0.256. The molecular formula is C16H21NOS. The Morgan fingerprint density at radius 3 is 2.42 bits per heavy atom. The first-order valence-electron chi connectivity index (χ1n) is 6.39. The molecule has 19 heavy (non-hydrogen) atoms. The lowest BCUT2D eigenvalue weighted by atomic mass is 10.0. The molecule has 0 unspecified atom stereocenters. The molecule has 0 aromatic heterocycles. The second-order valence-electron chi connectivity index (χ2n) is 5.53. The number of benzene rings is 1. The Bertz CT molecular complexity index is 469. The fourth-order valence-corrected chi connectivity index (χ4v) is 2.38. The Morgan fingerprint density at radius 2 is 1.95 bits per heavy atom. The van der Waals surface area contributed by atoms with Gasteiger partial charge in [0.1, 0.15) is 0 Å². The molecule has 0 saturated heterocycles. The number of rotatable bonds is 4. The highest BCUT2D eigenvalue weighted by atomic mass is 32.2. The summed E-state index contributed by atoms with van der Waals surface area (Å²) in [6.45, 7) is 7.99. The zero-order chi connectivity index (χ0) is 14.5. The van der Waals surface area contributed by atoms with E-state index in [9.17, 15) is 4.79 Å². The van der Waals surface area contributed by atoms with Crippen LogP contribution in [0.5, 0.6) is 0 Å². The Labute approximate surface area is 120 Å². The minimum absolute atomic E-state index is 0.125. The minimum Gasteiger partial charge on any atom is -0.331 e. The van der Waals surface area contributed by atoms with Crippen molar-refractivity contribution in [3.05, 3.63) is 29.8 Å². The molecule has 1 rings (SSSR count). The fourth-order valence-electron chi connectivity index (χ4n) is 1.59. The Hall–Kier alpha value is -1.40. The summed E-state index contributed by atoms with van der Waals surface area (Å²) in [5.41, 5.74) is 0.686. The van der Waals surface area contributed by atoms with Crippen LogP contribution in [-0.4, -0.2) is 10.8 Å². The summed E-state index contributed by atoms with van der Waals surface area (Å²) >= 11 is 1.17. The quantitative estimate of drug-likeness (QED) is 0.662. The highest BCUT2D eigenvalue weighted by Gasteiger charge is 2.17. The van der Waals surface area contributed by atoms with Gasteiger partial charge in [-0.1, -0.05) is 31.9 Å². The lowest BCUT2D eigenvalue weighted by Gasteiger charge is -2.18. The van der Waals surface area contributed by atoms with Crippen molar-refractivity contribution in [2.24, 2.45) is 5.92 Å². The van der Waals surface area contributed by atoms with E-state index in [-0.39, 0.29) is 5.24 Å². The van der Waals surface area contributed by atoms with E-state index in [0.29, 0.717) is 5.92 Å². The topological polar surface area (TPSA) is 29.1 Å². The number of carbonyl (C=O) groups is 1. The van der Waals surface area contributed by atoms with Gasteiger partial charge >= 0.3 is 0 Å². The molecule has 102 valence electrons. The van der Waals surface area contributed by atoms with Crippen molar-refractivity contribution in [2.75, 3.05) is 0 Å². The standard InChI is InChI=1S/C16H21NOS/c1-6-16(4,5)17-15(18)19-14-9-7-13(8-10-14)11-12(2)3/h1,7-10,12H,11H2,2-5H3,(H,17,18). The highest BCUT2D eigenvalue weighted by Crippen LogP contribution is 2.21. The van der Waals surface area contributed by atoms with Crippen molar-refractivity contribution >= 4 is 17.0 Å². The predicted octanol–water partition coefficient (Wildman–Crippen LogP) is 4.10. The van der Waals surface area contributed by atoms with Crippen molar-refractivity contribution in [3.63, 3.8) is 0 Å². The normalized spacial score (nSPS) is 11.2. The molecule has 0 fully saturated rings. The van der Waals surface area contributed by atoms with E-state index >= 15 is 0 Å². The first kappa shape index (κ1) is 15.7. The Morgan fingerprint density at radius 1 is 1.37 bits per heavy atom. The minimum atomic E-state index is -0.609. The largest absolute Gasteiger partial charge is 0.331 e. The van der Waals surface area contributed by atoms with E-state index in [1.54, 1.807) is 13.8 Å². The van der Waals surface area contributed by atoms with Crippen molar-refractivity contribution < 1.29 is 4.79 Å². The lowest BCUT2D eigenvalue weighted by Crippen LogP contribution is -2.39. The predicted molar refractivity (Wildman–Crippen MR) is 82.3 cm³/mol. The van der Waals surface area contributed by atoms with Crippen LogP contribution in [0.15, 0.2) is 29.2 Å². The van der Waals surface area contributed by atoms with Gasteiger partial charge in [-0.3, -0.25) is 4.79 Å². The van der Waals surface area contributed by atoms with Gasteiger partial charge in [0, 0.05) is 4.90 Å². The van der Waals surface area contributed by atoms with E-state index in [1.165, 1.54) is 17.3 Å². The summed E-state index contributed by atoms with van der Waals surface area (Å²) in [4.78, 5) is 12.7. The van der Waals surface area contributed by atoms with Gasteiger partial charge in [-0.05, 0) is 55.6 Å². The molecule has 0 aliphatic heterocycles. The molecule has 1 aromatic rings. The smallest absolute Gasteiger partial charge is 0.285 e. The van der Waals surface area contributed by atoms with Gasteiger partial charge in [0.05, 0.1) is 5.54 Å². The molecule has 1 N–H and O–H groups in total. The SMILES string of the molecule is C#CC(C)(C)NC(=O)Sc1ccc(CC(C)C)cc1. The molecule has 0 bridgehead atoms. The maximum atomic E-state index is 11.8. The third-order valence-electron chi connectivity index (χ3n) is 2.55. The van der Waals surface area contributed by atoms with Gasteiger partial charge in [-0.15, -0.1) is 6.42 Å². The van der Waals surface area contributed by atoms with Crippen LogP contribution in [-0.2, 0) is 6.42 Å². The van der Waals surface area contributed by atoms with Crippen molar-refractivity contribution in [3.8, 4) is 12.3 Å². The van der Waals surface area contributed by atoms with E-state index in [4.69, 9.17) is 6.42 Å². The van der Waals surface area contributed by atoms with Gasteiger partial charge in [-0.25, -0.2) is 0 Å². The molecule has 0 spiro atoms. The second kappa shape index (κ2) is 6.68. The molecule has 0 atom stereocenters. The average molecular weight is 275 g/mol. The van der Waals surface area contributed by atoms with Crippen LogP contribution in [0.3, 0.4) is 0 Å². The van der Waals surface area contributed by atoms with E-state index in [0.717, 1.165) is 11.3 Å². The van der Waals surface area contributed by atoms with Gasteiger partial charge in [0.25, 0.3) is 5.24 Å². The van der Waals surface area contributed by atoms with Crippen LogP contribution in [0, 0.1) is 18.3 Å². The first-order valence-corrected chi connectivity index (χ1v) is 7.21. The maximum Gasteiger partial charge on any atom is 0.285 e. The third kappa shape index (κ3) is 5.85. The van der Waals surface area contributed by atoms with Crippen molar-refractivity contribution in [1.29, 1.82) is 0 Å². The van der Waals surface area contributed by atoms with Crippen LogP contribution in [0.2, 0.25) is 0 Å². The van der Waals surface area contributed by atoms with Crippen LogP contribution >= 0.6 is 11.8 Å². The van der Waals surface area contributed by atoms with Crippen LogP contribution in [0.25, 0.3) is 0 Å². The molecule has 0 saturated carbocycles. The number of hydrogen-bond acceptors (Lipinski definition) is 2. The van der Waals surface area contributed by atoms with E-state index in [1.807, 2.05) is 12.1 Å². The molecule has 1 aromatic carbocycles. The molecule has 0 aliphatic rings. The van der Waals surface area contributed by atoms with Crippen LogP contribution in [0.1, 0.15) is 33.3 Å². The molecule has 0 aliphatic carbocycles. The summed E-state index contributed by atoms with van der Waals surface area (Å²) in [6.07, 6.45) is 6.40. The maximum absolute atomic E-state index is 11.8. The molecule has 0 heterocycles. The van der Waals surface area contributed by atoms with E-state index < -0.39 is 5.54 Å². The van der Waals surface area contributed by atoms with Crippen molar-refractivity contribution in [2.45, 2.75) is 44.6 Å². The molecule has 0 radical (unpaired) electrons. The van der Waals surface area contributed by atoms with E-state index in [2.05, 4.69) is 37.2 Å². The monoisotopic (exact) mass is 275 g/mol. The number of amides is 1. The summed E-state index contributed by atoms with van der Waals surface area (Å²) in [5, 5.41) is 2.66. The average Bonchev–Trinajstić information content (AvgIpc) is 2.30. The van der Waals surface area contributed by atoms with Gasteiger partial charge in [0.2, 0.25) is 0 Å². The number of terminal acetylenes is 1. The number of thioether (sulfide) groups is 1. The van der Waals surface area contributed by atoms with Crippen molar-refractivity contribution in [1.82, 2.24) is 5.32 Å². The second-order valence-corrected chi connectivity index (χ2v) is 6.57. The molecule has 1 amide bonds. The fraction of sp³-hybridized carbons (Fsp3) is 0.438. The highest BCUT2D eigenvalue weighted by molar-refractivity contribution is 8.13.